The molecule has 6 nitrogen and oxygen atoms in total. The maximum absolute atomic E-state index is 11.4. The molecule has 0 aromatic heterocycles. The Morgan fingerprint density at radius 3 is 2.75 bits per heavy atom. The fourth-order valence-electron chi connectivity index (χ4n) is 1.49. The number of carbonyl (C=O) groups is 2. The molecule has 1 fully saturated rings. The first-order valence-electron chi connectivity index (χ1n) is 4.64. The van der Waals surface area contributed by atoms with Gasteiger partial charge in [-0.05, 0) is 12.1 Å². The number of amides is 3. The quantitative estimate of drug-likeness (QED) is 0.371. The zero-order valence-electron chi connectivity index (χ0n) is 8.36. The fourth-order valence-corrected chi connectivity index (χ4v) is 1.49. The summed E-state index contributed by atoms with van der Waals surface area (Å²) in [7, 11) is 0. The van der Waals surface area contributed by atoms with E-state index in [1.165, 1.54) is 4.90 Å². The van der Waals surface area contributed by atoms with Gasteiger partial charge in [-0.3, -0.25) is 20.4 Å². The number of nitrogen functional groups attached to an aromatic ring is 1. The molecule has 0 saturated carbocycles. The molecule has 1 aliphatic rings. The second-order valence-corrected chi connectivity index (χ2v) is 3.40. The van der Waals surface area contributed by atoms with Gasteiger partial charge in [0.2, 0.25) is 5.91 Å². The van der Waals surface area contributed by atoms with Crippen molar-refractivity contribution in [2.75, 3.05) is 11.4 Å². The van der Waals surface area contributed by atoms with Gasteiger partial charge in [0.25, 0.3) is 0 Å². The highest BCUT2D eigenvalue weighted by molar-refractivity contribution is 6.12. The van der Waals surface area contributed by atoms with Crippen LogP contribution in [0.15, 0.2) is 24.3 Å². The number of amidine groups is 1. The summed E-state index contributed by atoms with van der Waals surface area (Å²) in [5.41, 5.74) is 6.41. The Morgan fingerprint density at radius 2 is 2.19 bits per heavy atom. The third-order valence-electron chi connectivity index (χ3n) is 2.26. The first kappa shape index (κ1) is 10.2. The molecule has 0 atom stereocenters. The molecule has 0 unspecified atom stereocenters. The maximum Gasteiger partial charge on any atom is 0.329 e. The van der Waals surface area contributed by atoms with E-state index in [2.05, 4.69) is 5.32 Å². The largest absolute Gasteiger partial charge is 0.384 e. The van der Waals surface area contributed by atoms with Crippen molar-refractivity contribution in [1.82, 2.24) is 5.32 Å². The van der Waals surface area contributed by atoms with Crippen LogP contribution in [-0.2, 0) is 4.79 Å². The summed E-state index contributed by atoms with van der Waals surface area (Å²) in [6.45, 7) is 0.000190. The summed E-state index contributed by atoms with van der Waals surface area (Å²) in [6, 6.07) is 6.18. The van der Waals surface area contributed by atoms with Crippen molar-refractivity contribution >= 4 is 23.5 Å². The zero-order chi connectivity index (χ0) is 11.7. The molecule has 0 radical (unpaired) electrons. The number of urea groups is 1. The smallest absolute Gasteiger partial charge is 0.329 e. The summed E-state index contributed by atoms with van der Waals surface area (Å²) in [5.74, 6) is -0.411. The van der Waals surface area contributed by atoms with Gasteiger partial charge in [0.1, 0.15) is 12.4 Å². The van der Waals surface area contributed by atoms with Crippen LogP contribution in [0.5, 0.6) is 0 Å². The second kappa shape index (κ2) is 3.65. The van der Waals surface area contributed by atoms with Crippen LogP contribution >= 0.6 is 0 Å². The number of hydrogen-bond acceptors (Lipinski definition) is 3. The Balaban J connectivity index is 2.34. The lowest BCUT2D eigenvalue weighted by Gasteiger charge is -2.13. The van der Waals surface area contributed by atoms with Crippen molar-refractivity contribution in [1.29, 1.82) is 5.41 Å². The minimum absolute atomic E-state index is 0.000190. The molecule has 6 heteroatoms. The Hall–Kier alpha value is -2.37. The van der Waals surface area contributed by atoms with Gasteiger partial charge in [0, 0.05) is 11.3 Å². The SMILES string of the molecule is N=C(N)c1cccc(N2CC(=O)NC2=O)c1. The number of rotatable bonds is 2. The predicted molar refractivity (Wildman–Crippen MR) is 58.3 cm³/mol. The van der Waals surface area contributed by atoms with Crippen molar-refractivity contribution in [2.24, 2.45) is 5.73 Å². The summed E-state index contributed by atoms with van der Waals surface area (Å²) in [6.07, 6.45) is 0. The molecule has 1 aliphatic heterocycles. The predicted octanol–water partition coefficient (Wildman–Crippen LogP) is 0.0269. The average Bonchev–Trinajstić information content (AvgIpc) is 2.58. The maximum atomic E-state index is 11.4. The highest BCUT2D eigenvalue weighted by Gasteiger charge is 2.27. The molecule has 0 bridgehead atoms. The van der Waals surface area contributed by atoms with Crippen LogP contribution in [0.1, 0.15) is 5.56 Å². The van der Waals surface area contributed by atoms with E-state index in [-0.39, 0.29) is 18.3 Å². The molecule has 1 saturated heterocycles. The minimum atomic E-state index is -0.453. The molecule has 2 rings (SSSR count). The van der Waals surface area contributed by atoms with E-state index in [9.17, 15) is 9.59 Å². The van der Waals surface area contributed by atoms with E-state index in [0.717, 1.165) is 0 Å². The third-order valence-corrected chi connectivity index (χ3v) is 2.26. The summed E-state index contributed by atoms with van der Waals surface area (Å²) < 4.78 is 0. The van der Waals surface area contributed by atoms with Gasteiger partial charge >= 0.3 is 6.03 Å². The van der Waals surface area contributed by atoms with Crippen LogP contribution in [0.2, 0.25) is 0 Å². The van der Waals surface area contributed by atoms with Crippen molar-refractivity contribution < 1.29 is 9.59 Å². The number of imide groups is 1. The Kier molecular flexibility index (Phi) is 2.32. The zero-order valence-corrected chi connectivity index (χ0v) is 8.36. The Morgan fingerprint density at radius 1 is 1.44 bits per heavy atom. The minimum Gasteiger partial charge on any atom is -0.384 e. The lowest BCUT2D eigenvalue weighted by Crippen LogP contribution is -2.28. The second-order valence-electron chi connectivity index (χ2n) is 3.40. The molecular weight excluding hydrogens is 208 g/mol. The molecule has 1 aromatic rings. The van der Waals surface area contributed by atoms with Crippen molar-refractivity contribution in [3.05, 3.63) is 29.8 Å². The van der Waals surface area contributed by atoms with Crippen molar-refractivity contribution in [3.8, 4) is 0 Å². The van der Waals surface area contributed by atoms with Gasteiger partial charge in [0.05, 0.1) is 0 Å². The van der Waals surface area contributed by atoms with Gasteiger partial charge in [-0.25, -0.2) is 4.79 Å². The number of anilines is 1. The molecular formula is C10H10N4O2. The number of nitrogens with two attached hydrogens (primary N) is 1. The highest BCUT2D eigenvalue weighted by atomic mass is 16.2. The molecule has 82 valence electrons. The summed E-state index contributed by atoms with van der Waals surface area (Å²) in [5, 5.41) is 9.46. The fraction of sp³-hybridized carbons (Fsp3) is 0.100. The Labute approximate surface area is 91.5 Å². The lowest BCUT2D eigenvalue weighted by molar-refractivity contribution is -0.117. The highest BCUT2D eigenvalue weighted by Crippen LogP contribution is 2.18. The van der Waals surface area contributed by atoms with Crippen LogP contribution in [0, 0.1) is 5.41 Å². The van der Waals surface area contributed by atoms with Gasteiger partial charge in [-0.15, -0.1) is 0 Å². The molecule has 1 aromatic carbocycles. The van der Waals surface area contributed by atoms with E-state index in [0.29, 0.717) is 11.3 Å². The van der Waals surface area contributed by atoms with E-state index in [1.807, 2.05) is 0 Å². The van der Waals surface area contributed by atoms with Crippen LogP contribution in [0.25, 0.3) is 0 Å². The normalized spacial score (nSPS) is 15.1. The van der Waals surface area contributed by atoms with E-state index >= 15 is 0 Å². The standard InChI is InChI=1S/C10H10N4O2/c11-9(12)6-2-1-3-7(4-6)14-5-8(15)13-10(14)16/h1-4H,5H2,(H3,11,12)(H,13,15,16). The van der Waals surface area contributed by atoms with Crippen molar-refractivity contribution in [2.45, 2.75) is 0 Å². The van der Waals surface area contributed by atoms with Crippen LogP contribution < -0.4 is 16.0 Å². The first-order valence-corrected chi connectivity index (χ1v) is 4.64. The van der Waals surface area contributed by atoms with E-state index in [1.54, 1.807) is 24.3 Å². The number of nitrogens with zero attached hydrogens (tertiary/aromatic N) is 1. The summed E-state index contributed by atoms with van der Waals surface area (Å²) in [4.78, 5) is 23.7. The first-order chi connectivity index (χ1) is 7.58. The number of hydrogen-bond donors (Lipinski definition) is 3. The molecule has 1 heterocycles. The van der Waals surface area contributed by atoms with Gasteiger partial charge in [0.15, 0.2) is 0 Å². The van der Waals surface area contributed by atoms with Crippen molar-refractivity contribution in [3.63, 3.8) is 0 Å². The van der Waals surface area contributed by atoms with Gasteiger partial charge in [-0.1, -0.05) is 12.1 Å². The monoisotopic (exact) mass is 218 g/mol. The van der Waals surface area contributed by atoms with Crippen LogP contribution in [0.3, 0.4) is 0 Å². The number of nitrogens with one attached hydrogen (secondary N) is 2. The van der Waals surface area contributed by atoms with E-state index in [4.69, 9.17) is 11.1 Å². The van der Waals surface area contributed by atoms with Crippen LogP contribution in [-0.4, -0.2) is 24.3 Å². The number of benzene rings is 1. The molecule has 16 heavy (non-hydrogen) atoms. The molecule has 3 amide bonds. The molecule has 0 spiro atoms. The number of carbonyl (C=O) groups excluding carboxylic acids is 2. The lowest BCUT2D eigenvalue weighted by atomic mass is 10.2. The van der Waals surface area contributed by atoms with Crippen LogP contribution in [0.4, 0.5) is 10.5 Å². The third kappa shape index (κ3) is 1.72. The molecule has 4 N–H and O–H groups in total. The van der Waals surface area contributed by atoms with Gasteiger partial charge in [-0.2, -0.15) is 0 Å². The molecule has 0 aliphatic carbocycles. The van der Waals surface area contributed by atoms with E-state index < -0.39 is 6.03 Å². The topological polar surface area (TPSA) is 99.3 Å². The van der Waals surface area contributed by atoms with Gasteiger partial charge < -0.3 is 5.73 Å². The Bertz CT molecular complexity index is 483. The average molecular weight is 218 g/mol. The summed E-state index contributed by atoms with van der Waals surface area (Å²) >= 11 is 0.